The first-order valence-electron chi connectivity index (χ1n) is 7.88. The van der Waals surface area contributed by atoms with Gasteiger partial charge in [-0.2, -0.15) is 0 Å². The molecule has 1 amide bonds. The van der Waals surface area contributed by atoms with Crippen LogP contribution in [0.4, 0.5) is 0 Å². The molecule has 0 radical (unpaired) electrons. The van der Waals surface area contributed by atoms with Crippen molar-refractivity contribution < 1.29 is 4.79 Å². The molecule has 1 aromatic carbocycles. The minimum absolute atomic E-state index is 0.192. The van der Waals surface area contributed by atoms with Crippen LogP contribution in [0.25, 0.3) is 0 Å². The fraction of sp³-hybridized carbons (Fsp3) is 0.588. The Balaban J connectivity index is 1.58. The minimum atomic E-state index is 0.192. The van der Waals surface area contributed by atoms with E-state index in [1.807, 2.05) is 18.2 Å². The molecule has 1 aliphatic carbocycles. The Labute approximate surface area is 122 Å². The predicted octanol–water partition coefficient (Wildman–Crippen LogP) is 3.01. The molecule has 0 spiro atoms. The third-order valence-corrected chi connectivity index (χ3v) is 3.92. The molecule has 0 heterocycles. The molecule has 1 aliphatic rings. The number of nitrogens with one attached hydrogen (secondary N) is 2. The largest absolute Gasteiger partial charge is 0.353 e. The van der Waals surface area contributed by atoms with Gasteiger partial charge in [-0.05, 0) is 18.4 Å². The van der Waals surface area contributed by atoms with Crippen LogP contribution in [0, 0.1) is 0 Å². The van der Waals surface area contributed by atoms with Crippen molar-refractivity contribution in [3.8, 4) is 0 Å². The topological polar surface area (TPSA) is 41.1 Å². The first-order valence-corrected chi connectivity index (χ1v) is 7.88. The summed E-state index contributed by atoms with van der Waals surface area (Å²) in [7, 11) is 0. The lowest BCUT2D eigenvalue weighted by atomic mass is 10.1. The lowest BCUT2D eigenvalue weighted by Gasteiger charge is -2.16. The summed E-state index contributed by atoms with van der Waals surface area (Å²) in [6.07, 6.45) is 8.06. The second-order valence-electron chi connectivity index (χ2n) is 5.67. The molecule has 1 saturated carbocycles. The predicted molar refractivity (Wildman–Crippen MR) is 82.4 cm³/mol. The SMILES string of the molecule is O=C(CCNCc1ccccc1)NC1CCCCCC1. The Kier molecular flexibility index (Phi) is 6.58. The Hall–Kier alpha value is -1.35. The van der Waals surface area contributed by atoms with E-state index in [2.05, 4.69) is 22.8 Å². The van der Waals surface area contributed by atoms with Crippen molar-refractivity contribution in [2.24, 2.45) is 0 Å². The molecule has 0 unspecified atom stereocenters. The Morgan fingerprint density at radius 3 is 2.45 bits per heavy atom. The first kappa shape index (κ1) is 15.0. The fourth-order valence-electron chi connectivity index (χ4n) is 2.75. The fourth-order valence-corrected chi connectivity index (χ4v) is 2.75. The van der Waals surface area contributed by atoms with Gasteiger partial charge in [0.1, 0.15) is 0 Å². The summed E-state index contributed by atoms with van der Waals surface area (Å²) in [6, 6.07) is 10.7. The Morgan fingerprint density at radius 2 is 1.75 bits per heavy atom. The number of benzene rings is 1. The summed E-state index contributed by atoms with van der Waals surface area (Å²) in [5, 5.41) is 6.50. The summed E-state index contributed by atoms with van der Waals surface area (Å²) in [5.74, 6) is 0.192. The maximum absolute atomic E-state index is 11.9. The van der Waals surface area contributed by atoms with Crippen LogP contribution in [0.15, 0.2) is 30.3 Å². The Bertz CT molecular complexity index is 383. The number of hydrogen-bond acceptors (Lipinski definition) is 2. The molecule has 2 rings (SSSR count). The van der Waals surface area contributed by atoms with Crippen LogP contribution in [0.2, 0.25) is 0 Å². The standard InChI is InChI=1S/C17H26N2O/c20-17(19-16-10-6-1-2-7-11-16)12-13-18-14-15-8-4-3-5-9-15/h3-5,8-9,16,18H,1-2,6-7,10-14H2,(H,19,20). The van der Waals surface area contributed by atoms with Crippen LogP contribution in [0.1, 0.15) is 50.5 Å². The van der Waals surface area contributed by atoms with Gasteiger partial charge in [-0.25, -0.2) is 0 Å². The summed E-state index contributed by atoms with van der Waals surface area (Å²) < 4.78 is 0. The molecular formula is C17H26N2O. The second-order valence-corrected chi connectivity index (χ2v) is 5.67. The van der Waals surface area contributed by atoms with E-state index in [1.165, 1.54) is 31.2 Å². The molecule has 0 aliphatic heterocycles. The highest BCUT2D eigenvalue weighted by Crippen LogP contribution is 2.17. The summed E-state index contributed by atoms with van der Waals surface area (Å²) in [5.41, 5.74) is 1.26. The number of carbonyl (C=O) groups is 1. The van der Waals surface area contributed by atoms with E-state index in [9.17, 15) is 4.79 Å². The molecule has 110 valence electrons. The number of carbonyl (C=O) groups excluding carboxylic acids is 1. The van der Waals surface area contributed by atoms with Crippen molar-refractivity contribution in [2.75, 3.05) is 6.54 Å². The van der Waals surface area contributed by atoms with E-state index in [-0.39, 0.29) is 5.91 Å². The van der Waals surface area contributed by atoms with Gasteiger partial charge in [-0.1, -0.05) is 56.0 Å². The molecular weight excluding hydrogens is 248 g/mol. The molecule has 0 bridgehead atoms. The smallest absolute Gasteiger partial charge is 0.221 e. The van der Waals surface area contributed by atoms with Crippen molar-refractivity contribution in [3.05, 3.63) is 35.9 Å². The van der Waals surface area contributed by atoms with Crippen molar-refractivity contribution in [3.63, 3.8) is 0 Å². The zero-order valence-electron chi connectivity index (χ0n) is 12.2. The van der Waals surface area contributed by atoms with E-state index in [4.69, 9.17) is 0 Å². The summed E-state index contributed by atoms with van der Waals surface area (Å²) >= 11 is 0. The average Bonchev–Trinajstić information content (AvgIpc) is 2.73. The van der Waals surface area contributed by atoms with Crippen molar-refractivity contribution >= 4 is 5.91 Å². The van der Waals surface area contributed by atoms with Crippen LogP contribution in [-0.4, -0.2) is 18.5 Å². The monoisotopic (exact) mass is 274 g/mol. The van der Waals surface area contributed by atoms with Gasteiger partial charge in [0.05, 0.1) is 0 Å². The minimum Gasteiger partial charge on any atom is -0.353 e. The molecule has 0 saturated heterocycles. The first-order chi connectivity index (χ1) is 9.84. The van der Waals surface area contributed by atoms with Crippen LogP contribution in [-0.2, 0) is 11.3 Å². The van der Waals surface area contributed by atoms with Gasteiger partial charge in [-0.3, -0.25) is 4.79 Å². The van der Waals surface area contributed by atoms with E-state index < -0.39 is 0 Å². The molecule has 3 heteroatoms. The lowest BCUT2D eigenvalue weighted by molar-refractivity contribution is -0.121. The van der Waals surface area contributed by atoms with Crippen molar-refractivity contribution in [1.29, 1.82) is 0 Å². The van der Waals surface area contributed by atoms with Gasteiger partial charge < -0.3 is 10.6 Å². The molecule has 1 fully saturated rings. The lowest BCUT2D eigenvalue weighted by Crippen LogP contribution is -2.35. The van der Waals surface area contributed by atoms with Crippen LogP contribution in [0.3, 0.4) is 0 Å². The highest BCUT2D eigenvalue weighted by molar-refractivity contribution is 5.76. The molecule has 20 heavy (non-hydrogen) atoms. The van der Waals surface area contributed by atoms with Crippen molar-refractivity contribution in [2.45, 2.75) is 57.5 Å². The molecule has 1 aromatic rings. The molecule has 3 nitrogen and oxygen atoms in total. The van der Waals surface area contributed by atoms with E-state index in [0.717, 1.165) is 25.9 Å². The number of amides is 1. The van der Waals surface area contributed by atoms with Crippen LogP contribution in [0.5, 0.6) is 0 Å². The second kappa shape index (κ2) is 8.75. The summed E-state index contributed by atoms with van der Waals surface area (Å²) in [4.78, 5) is 11.9. The van der Waals surface area contributed by atoms with Gasteiger partial charge in [0, 0.05) is 25.6 Å². The van der Waals surface area contributed by atoms with Gasteiger partial charge >= 0.3 is 0 Å². The van der Waals surface area contributed by atoms with Crippen molar-refractivity contribution in [1.82, 2.24) is 10.6 Å². The zero-order chi connectivity index (χ0) is 14.0. The van der Waals surface area contributed by atoms with E-state index >= 15 is 0 Å². The molecule has 0 atom stereocenters. The van der Waals surface area contributed by atoms with Gasteiger partial charge in [0.25, 0.3) is 0 Å². The highest BCUT2D eigenvalue weighted by Gasteiger charge is 2.14. The van der Waals surface area contributed by atoms with Crippen LogP contribution < -0.4 is 10.6 Å². The van der Waals surface area contributed by atoms with E-state index in [1.54, 1.807) is 0 Å². The molecule has 2 N–H and O–H groups in total. The third kappa shape index (κ3) is 5.74. The number of rotatable bonds is 6. The average molecular weight is 274 g/mol. The maximum atomic E-state index is 11.9. The number of hydrogen-bond donors (Lipinski definition) is 2. The van der Waals surface area contributed by atoms with Gasteiger partial charge in [0.15, 0.2) is 0 Å². The normalized spacial score (nSPS) is 16.6. The van der Waals surface area contributed by atoms with Gasteiger partial charge in [-0.15, -0.1) is 0 Å². The maximum Gasteiger partial charge on any atom is 0.221 e. The highest BCUT2D eigenvalue weighted by atomic mass is 16.1. The third-order valence-electron chi connectivity index (χ3n) is 3.92. The summed E-state index contributed by atoms with van der Waals surface area (Å²) in [6.45, 7) is 1.57. The van der Waals surface area contributed by atoms with Gasteiger partial charge in [0.2, 0.25) is 5.91 Å². The van der Waals surface area contributed by atoms with E-state index in [0.29, 0.717) is 12.5 Å². The van der Waals surface area contributed by atoms with Crippen LogP contribution >= 0.6 is 0 Å². The molecule has 0 aromatic heterocycles. The Morgan fingerprint density at radius 1 is 1.05 bits per heavy atom. The zero-order valence-corrected chi connectivity index (χ0v) is 12.2. The quantitative estimate of drug-likeness (QED) is 0.618.